The van der Waals surface area contributed by atoms with Crippen molar-refractivity contribution < 1.29 is 9.53 Å². The number of thiazole rings is 1. The fourth-order valence-corrected chi connectivity index (χ4v) is 3.30. The van der Waals surface area contributed by atoms with Crippen molar-refractivity contribution in [3.8, 4) is 11.3 Å². The molecular weight excluding hydrogens is 310 g/mol. The first-order valence-corrected chi connectivity index (χ1v) is 8.76. The third kappa shape index (κ3) is 4.86. The van der Waals surface area contributed by atoms with Crippen LogP contribution in [0.2, 0.25) is 0 Å². The fourth-order valence-electron chi connectivity index (χ4n) is 2.49. The van der Waals surface area contributed by atoms with Crippen LogP contribution < -0.4 is 5.32 Å². The standard InChI is InChI=1S/C17H21N3O2S/c21-16(12-20-8-10-22-11-9-20)18-7-6-17-19-15(13-23-17)14-4-2-1-3-5-14/h1-5,13H,6-12H2,(H,18,21). The van der Waals surface area contributed by atoms with Crippen LogP contribution in [0.25, 0.3) is 11.3 Å². The molecule has 0 saturated carbocycles. The van der Waals surface area contributed by atoms with E-state index in [0.717, 1.165) is 35.8 Å². The predicted molar refractivity (Wildman–Crippen MR) is 91.5 cm³/mol. The fraction of sp³-hybridized carbons (Fsp3) is 0.412. The maximum atomic E-state index is 11.9. The molecule has 1 amide bonds. The Kier molecular flexibility index (Phi) is 5.74. The highest BCUT2D eigenvalue weighted by atomic mass is 32.1. The van der Waals surface area contributed by atoms with Gasteiger partial charge in [-0.25, -0.2) is 4.98 Å². The Balaban J connectivity index is 1.42. The number of amides is 1. The average molecular weight is 331 g/mol. The van der Waals surface area contributed by atoms with Gasteiger partial charge in [0.1, 0.15) is 0 Å². The van der Waals surface area contributed by atoms with Crippen LogP contribution >= 0.6 is 11.3 Å². The molecule has 0 radical (unpaired) electrons. The van der Waals surface area contributed by atoms with Crippen LogP contribution in [-0.4, -0.2) is 55.2 Å². The molecule has 1 saturated heterocycles. The molecule has 2 aromatic rings. The monoisotopic (exact) mass is 331 g/mol. The summed E-state index contributed by atoms with van der Waals surface area (Å²) in [5.41, 5.74) is 2.14. The normalized spacial score (nSPS) is 15.5. The number of carbonyl (C=O) groups excluding carboxylic acids is 1. The molecule has 5 nitrogen and oxygen atoms in total. The number of nitrogens with zero attached hydrogens (tertiary/aromatic N) is 2. The van der Waals surface area contributed by atoms with Crippen molar-refractivity contribution >= 4 is 17.2 Å². The number of morpholine rings is 1. The van der Waals surface area contributed by atoms with Gasteiger partial charge in [0.25, 0.3) is 0 Å². The zero-order chi connectivity index (χ0) is 15.9. The van der Waals surface area contributed by atoms with Gasteiger partial charge in [-0.15, -0.1) is 11.3 Å². The molecule has 1 fully saturated rings. The highest BCUT2D eigenvalue weighted by molar-refractivity contribution is 7.09. The van der Waals surface area contributed by atoms with E-state index in [2.05, 4.69) is 32.7 Å². The second-order valence-corrected chi connectivity index (χ2v) is 6.42. The first kappa shape index (κ1) is 16.1. The molecule has 1 aliphatic heterocycles. The smallest absolute Gasteiger partial charge is 0.234 e. The van der Waals surface area contributed by atoms with Gasteiger partial charge in [-0.3, -0.25) is 9.69 Å². The molecule has 0 spiro atoms. The summed E-state index contributed by atoms with van der Waals surface area (Å²) in [6, 6.07) is 10.1. The Morgan fingerprint density at radius 1 is 1.26 bits per heavy atom. The minimum atomic E-state index is 0.0757. The van der Waals surface area contributed by atoms with Crippen molar-refractivity contribution in [3.05, 3.63) is 40.7 Å². The first-order chi connectivity index (χ1) is 11.3. The lowest BCUT2D eigenvalue weighted by molar-refractivity contribution is -0.123. The topological polar surface area (TPSA) is 54.5 Å². The second kappa shape index (κ2) is 8.19. The van der Waals surface area contributed by atoms with Crippen LogP contribution in [0.5, 0.6) is 0 Å². The van der Waals surface area contributed by atoms with Gasteiger partial charge in [-0.1, -0.05) is 30.3 Å². The van der Waals surface area contributed by atoms with E-state index in [1.807, 2.05) is 18.2 Å². The SMILES string of the molecule is O=C(CN1CCOCC1)NCCc1nc(-c2ccccc2)cs1. The third-order valence-corrected chi connectivity index (χ3v) is 4.66. The van der Waals surface area contributed by atoms with Crippen molar-refractivity contribution in [2.45, 2.75) is 6.42 Å². The Labute approximate surface area is 140 Å². The van der Waals surface area contributed by atoms with Crippen LogP contribution in [-0.2, 0) is 16.0 Å². The number of hydrogen-bond donors (Lipinski definition) is 1. The summed E-state index contributed by atoms with van der Waals surface area (Å²) in [6.45, 7) is 4.19. The van der Waals surface area contributed by atoms with Crippen LogP contribution in [0.1, 0.15) is 5.01 Å². The molecule has 1 aromatic carbocycles. The number of nitrogens with one attached hydrogen (secondary N) is 1. The Hall–Kier alpha value is -1.76. The maximum absolute atomic E-state index is 11.9. The van der Waals surface area contributed by atoms with E-state index in [4.69, 9.17) is 4.74 Å². The van der Waals surface area contributed by atoms with Crippen molar-refractivity contribution in [1.82, 2.24) is 15.2 Å². The summed E-state index contributed by atoms with van der Waals surface area (Å²) in [4.78, 5) is 18.7. The largest absolute Gasteiger partial charge is 0.379 e. The lowest BCUT2D eigenvalue weighted by Crippen LogP contribution is -2.43. The summed E-state index contributed by atoms with van der Waals surface area (Å²) < 4.78 is 5.28. The van der Waals surface area contributed by atoms with E-state index in [9.17, 15) is 4.79 Å². The molecule has 3 rings (SSSR count). The minimum Gasteiger partial charge on any atom is -0.379 e. The van der Waals surface area contributed by atoms with Crippen LogP contribution in [0.3, 0.4) is 0 Å². The number of ether oxygens (including phenoxy) is 1. The van der Waals surface area contributed by atoms with Gasteiger partial charge in [0.15, 0.2) is 0 Å². The molecule has 0 unspecified atom stereocenters. The number of rotatable bonds is 6. The average Bonchev–Trinajstić information content (AvgIpc) is 3.05. The zero-order valence-corrected chi connectivity index (χ0v) is 13.8. The van der Waals surface area contributed by atoms with Gasteiger partial charge in [0.2, 0.25) is 5.91 Å². The van der Waals surface area contributed by atoms with E-state index < -0.39 is 0 Å². The molecule has 23 heavy (non-hydrogen) atoms. The first-order valence-electron chi connectivity index (χ1n) is 7.88. The van der Waals surface area contributed by atoms with Gasteiger partial charge in [0, 0.05) is 37.0 Å². The summed E-state index contributed by atoms with van der Waals surface area (Å²) in [6.07, 6.45) is 0.770. The van der Waals surface area contributed by atoms with Gasteiger partial charge in [-0.2, -0.15) is 0 Å². The van der Waals surface area contributed by atoms with E-state index in [1.165, 1.54) is 0 Å². The second-order valence-electron chi connectivity index (χ2n) is 5.48. The molecule has 0 atom stereocenters. The molecule has 6 heteroatoms. The van der Waals surface area contributed by atoms with Gasteiger partial charge < -0.3 is 10.1 Å². The zero-order valence-electron chi connectivity index (χ0n) is 13.0. The lowest BCUT2D eigenvalue weighted by atomic mass is 10.2. The number of carbonyl (C=O) groups is 1. The van der Waals surface area contributed by atoms with Gasteiger partial charge in [-0.05, 0) is 0 Å². The molecule has 2 heterocycles. The molecule has 122 valence electrons. The number of aromatic nitrogens is 1. The quantitative estimate of drug-likeness (QED) is 0.877. The minimum absolute atomic E-state index is 0.0757. The van der Waals surface area contributed by atoms with Crippen molar-refractivity contribution in [2.75, 3.05) is 39.4 Å². The van der Waals surface area contributed by atoms with Gasteiger partial charge in [0.05, 0.1) is 30.5 Å². The number of hydrogen-bond acceptors (Lipinski definition) is 5. The highest BCUT2D eigenvalue weighted by Gasteiger charge is 2.13. The highest BCUT2D eigenvalue weighted by Crippen LogP contribution is 2.21. The Morgan fingerprint density at radius 3 is 2.83 bits per heavy atom. The van der Waals surface area contributed by atoms with E-state index in [-0.39, 0.29) is 5.91 Å². The van der Waals surface area contributed by atoms with Gasteiger partial charge >= 0.3 is 0 Å². The summed E-state index contributed by atoms with van der Waals surface area (Å²) in [5, 5.41) is 6.09. The third-order valence-electron chi connectivity index (χ3n) is 3.75. The Morgan fingerprint density at radius 2 is 2.04 bits per heavy atom. The lowest BCUT2D eigenvalue weighted by Gasteiger charge is -2.25. The van der Waals surface area contributed by atoms with Crippen molar-refractivity contribution in [2.24, 2.45) is 0 Å². The molecule has 1 aromatic heterocycles. The molecule has 0 aliphatic carbocycles. The van der Waals surface area contributed by atoms with Crippen LogP contribution in [0, 0.1) is 0 Å². The predicted octanol–water partition coefficient (Wildman–Crippen LogP) is 1.80. The van der Waals surface area contributed by atoms with Crippen molar-refractivity contribution in [3.63, 3.8) is 0 Å². The summed E-state index contributed by atoms with van der Waals surface area (Å²) in [5.74, 6) is 0.0757. The van der Waals surface area contributed by atoms with Crippen LogP contribution in [0.4, 0.5) is 0 Å². The van der Waals surface area contributed by atoms with E-state index in [1.54, 1.807) is 11.3 Å². The van der Waals surface area contributed by atoms with Crippen molar-refractivity contribution in [1.29, 1.82) is 0 Å². The summed E-state index contributed by atoms with van der Waals surface area (Å²) in [7, 11) is 0. The van der Waals surface area contributed by atoms with E-state index in [0.29, 0.717) is 26.3 Å². The maximum Gasteiger partial charge on any atom is 0.234 e. The number of benzene rings is 1. The Bertz CT molecular complexity index is 624. The molecule has 1 N–H and O–H groups in total. The molecule has 0 bridgehead atoms. The van der Waals surface area contributed by atoms with Crippen LogP contribution in [0.15, 0.2) is 35.7 Å². The summed E-state index contributed by atoms with van der Waals surface area (Å²) >= 11 is 1.64. The molecule has 1 aliphatic rings. The molecular formula is C17H21N3O2S. The van der Waals surface area contributed by atoms with E-state index >= 15 is 0 Å².